The lowest BCUT2D eigenvalue weighted by Gasteiger charge is -2.15. The van der Waals surface area contributed by atoms with Gasteiger partial charge in [0, 0.05) is 0 Å². The average molecular weight is 428 g/mol. The van der Waals surface area contributed by atoms with E-state index >= 15 is 0 Å². The Balaban J connectivity index is 1.22. The van der Waals surface area contributed by atoms with Crippen LogP contribution in [0.2, 0.25) is 0 Å². The minimum Gasteiger partial charge on any atom is -0.489 e. The predicted molar refractivity (Wildman–Crippen MR) is 121 cm³/mol. The summed E-state index contributed by atoms with van der Waals surface area (Å²) in [5.74, 6) is 1.16. The molecule has 0 spiro atoms. The summed E-state index contributed by atoms with van der Waals surface area (Å²) in [7, 11) is 0. The molecule has 0 unspecified atom stereocenters. The zero-order valence-electron chi connectivity index (χ0n) is 17.7. The normalized spacial score (nSPS) is 11.5. The maximum Gasteiger partial charge on any atom is 0.258 e. The zero-order chi connectivity index (χ0) is 22.2. The van der Waals surface area contributed by atoms with E-state index in [-0.39, 0.29) is 18.6 Å². The second-order valence-corrected chi connectivity index (χ2v) is 7.26. The van der Waals surface area contributed by atoms with Crippen LogP contribution in [0.3, 0.4) is 0 Å². The Bertz CT molecular complexity index is 1110. The minimum absolute atomic E-state index is 0.0639. The van der Waals surface area contributed by atoms with Crippen LogP contribution in [0.15, 0.2) is 91.5 Å². The predicted octanol–water partition coefficient (Wildman–Crippen LogP) is 4.10. The van der Waals surface area contributed by atoms with Gasteiger partial charge in [-0.3, -0.25) is 4.79 Å². The molecule has 162 valence electrons. The fourth-order valence-electron chi connectivity index (χ4n) is 3.15. The fraction of sp³-hybridized carbons (Fsp3) is 0.160. The van der Waals surface area contributed by atoms with E-state index in [9.17, 15) is 4.79 Å². The van der Waals surface area contributed by atoms with Crippen molar-refractivity contribution in [2.75, 3.05) is 6.61 Å². The van der Waals surface area contributed by atoms with Crippen LogP contribution in [-0.4, -0.2) is 27.3 Å². The molecule has 0 aliphatic rings. The second-order valence-electron chi connectivity index (χ2n) is 7.26. The number of nitrogens with zero attached hydrogens (tertiary/aromatic N) is 3. The quantitative estimate of drug-likeness (QED) is 0.434. The van der Waals surface area contributed by atoms with Gasteiger partial charge < -0.3 is 14.8 Å². The van der Waals surface area contributed by atoms with Gasteiger partial charge in [0.15, 0.2) is 6.61 Å². The number of amides is 1. The first kappa shape index (κ1) is 21.1. The molecule has 0 aliphatic heterocycles. The zero-order valence-corrected chi connectivity index (χ0v) is 17.7. The topological polar surface area (TPSA) is 78.3 Å². The standard InChI is InChI=1S/C25H24N4O3/c1-19(21-7-9-22(10-8-21)29-18-26-17-27-29)28-25(30)16-32-24-13-11-23(12-14-24)31-15-20-5-3-2-4-6-20/h2-14,17-19H,15-16H2,1H3,(H,28,30)/t19-/m1/s1. The van der Waals surface area contributed by atoms with Crippen LogP contribution in [0.1, 0.15) is 24.1 Å². The lowest BCUT2D eigenvalue weighted by atomic mass is 10.1. The summed E-state index contributed by atoms with van der Waals surface area (Å²) in [5.41, 5.74) is 3.00. The molecule has 1 heterocycles. The molecule has 7 nitrogen and oxygen atoms in total. The first-order valence-electron chi connectivity index (χ1n) is 10.3. The Morgan fingerprint density at radius 2 is 1.62 bits per heavy atom. The number of ether oxygens (including phenoxy) is 2. The van der Waals surface area contributed by atoms with Crippen LogP contribution in [0, 0.1) is 0 Å². The summed E-state index contributed by atoms with van der Waals surface area (Å²) in [6, 6.07) is 24.8. The minimum atomic E-state index is -0.192. The van der Waals surface area contributed by atoms with Crippen molar-refractivity contribution >= 4 is 5.91 Å². The maximum atomic E-state index is 12.3. The van der Waals surface area contributed by atoms with E-state index in [0.717, 1.165) is 22.6 Å². The van der Waals surface area contributed by atoms with Gasteiger partial charge in [-0.2, -0.15) is 5.10 Å². The van der Waals surface area contributed by atoms with Crippen molar-refractivity contribution in [2.45, 2.75) is 19.6 Å². The van der Waals surface area contributed by atoms with E-state index in [1.54, 1.807) is 23.1 Å². The summed E-state index contributed by atoms with van der Waals surface area (Å²) in [5, 5.41) is 7.05. The van der Waals surface area contributed by atoms with Crippen molar-refractivity contribution in [1.82, 2.24) is 20.1 Å². The molecule has 0 saturated heterocycles. The highest BCUT2D eigenvalue weighted by Gasteiger charge is 2.11. The number of carbonyl (C=O) groups excluding carboxylic acids is 1. The van der Waals surface area contributed by atoms with Crippen molar-refractivity contribution in [3.63, 3.8) is 0 Å². The molecular weight excluding hydrogens is 404 g/mol. The van der Waals surface area contributed by atoms with Gasteiger partial charge in [-0.15, -0.1) is 0 Å². The molecule has 4 aromatic rings. The van der Waals surface area contributed by atoms with Crippen LogP contribution in [0.5, 0.6) is 11.5 Å². The molecule has 7 heteroatoms. The van der Waals surface area contributed by atoms with Crippen LogP contribution in [-0.2, 0) is 11.4 Å². The maximum absolute atomic E-state index is 12.3. The third-order valence-electron chi connectivity index (χ3n) is 4.90. The number of hydrogen-bond acceptors (Lipinski definition) is 5. The van der Waals surface area contributed by atoms with Crippen molar-refractivity contribution in [1.29, 1.82) is 0 Å². The molecule has 0 saturated carbocycles. The monoisotopic (exact) mass is 428 g/mol. The van der Waals surface area contributed by atoms with Gasteiger partial charge in [-0.1, -0.05) is 42.5 Å². The molecule has 0 fully saturated rings. The molecule has 1 atom stereocenters. The number of carbonyl (C=O) groups is 1. The summed E-state index contributed by atoms with van der Waals surface area (Å²) < 4.78 is 13.0. The molecule has 0 aliphatic carbocycles. The van der Waals surface area contributed by atoms with Gasteiger partial charge in [0.05, 0.1) is 11.7 Å². The smallest absolute Gasteiger partial charge is 0.258 e. The van der Waals surface area contributed by atoms with Crippen LogP contribution < -0.4 is 14.8 Å². The van der Waals surface area contributed by atoms with Crippen molar-refractivity contribution < 1.29 is 14.3 Å². The first-order chi connectivity index (χ1) is 15.7. The van der Waals surface area contributed by atoms with E-state index in [4.69, 9.17) is 9.47 Å². The van der Waals surface area contributed by atoms with Gasteiger partial charge in [-0.05, 0) is 54.4 Å². The second kappa shape index (κ2) is 10.3. The Morgan fingerprint density at radius 1 is 0.938 bits per heavy atom. The van der Waals surface area contributed by atoms with Crippen LogP contribution >= 0.6 is 0 Å². The lowest BCUT2D eigenvalue weighted by molar-refractivity contribution is -0.123. The summed E-state index contributed by atoms with van der Waals surface area (Å²) in [4.78, 5) is 16.2. The molecule has 4 rings (SSSR count). The molecule has 0 bridgehead atoms. The molecular formula is C25H24N4O3. The summed E-state index contributed by atoms with van der Waals surface area (Å²) in [6.45, 7) is 2.37. The van der Waals surface area contributed by atoms with E-state index in [0.29, 0.717) is 12.4 Å². The van der Waals surface area contributed by atoms with E-state index < -0.39 is 0 Å². The number of aromatic nitrogens is 3. The van der Waals surface area contributed by atoms with Crippen molar-refractivity contribution in [3.05, 3.63) is 103 Å². The van der Waals surface area contributed by atoms with E-state index in [1.165, 1.54) is 6.33 Å². The Kier molecular flexibility index (Phi) is 6.77. The number of benzene rings is 3. The molecule has 1 aromatic heterocycles. The Labute approximate surface area is 186 Å². The average Bonchev–Trinajstić information content (AvgIpc) is 3.38. The highest BCUT2D eigenvalue weighted by molar-refractivity contribution is 5.78. The number of hydrogen-bond donors (Lipinski definition) is 1. The molecule has 32 heavy (non-hydrogen) atoms. The van der Waals surface area contributed by atoms with Gasteiger partial charge in [0.2, 0.25) is 0 Å². The third kappa shape index (κ3) is 5.72. The largest absolute Gasteiger partial charge is 0.489 e. The lowest BCUT2D eigenvalue weighted by Crippen LogP contribution is -2.31. The van der Waals surface area contributed by atoms with Gasteiger partial charge >= 0.3 is 0 Å². The summed E-state index contributed by atoms with van der Waals surface area (Å²) >= 11 is 0. The number of rotatable bonds is 9. The molecule has 1 N–H and O–H groups in total. The summed E-state index contributed by atoms with van der Waals surface area (Å²) in [6.07, 6.45) is 3.13. The van der Waals surface area contributed by atoms with Crippen molar-refractivity contribution in [3.8, 4) is 17.2 Å². The van der Waals surface area contributed by atoms with E-state index in [2.05, 4.69) is 15.4 Å². The van der Waals surface area contributed by atoms with Crippen LogP contribution in [0.4, 0.5) is 0 Å². The third-order valence-corrected chi connectivity index (χ3v) is 4.90. The van der Waals surface area contributed by atoms with Crippen molar-refractivity contribution in [2.24, 2.45) is 0 Å². The SMILES string of the molecule is C[C@@H](NC(=O)COc1ccc(OCc2ccccc2)cc1)c1ccc(-n2cncn2)cc1. The van der Waals surface area contributed by atoms with Gasteiger partial charge in [0.25, 0.3) is 5.91 Å². The molecule has 3 aromatic carbocycles. The number of nitrogens with one attached hydrogen (secondary N) is 1. The fourth-order valence-corrected chi connectivity index (χ4v) is 3.15. The highest BCUT2D eigenvalue weighted by atomic mass is 16.5. The Hall–Kier alpha value is -4.13. The van der Waals surface area contributed by atoms with Gasteiger partial charge in [-0.25, -0.2) is 9.67 Å². The van der Waals surface area contributed by atoms with E-state index in [1.807, 2.05) is 73.7 Å². The first-order valence-corrected chi connectivity index (χ1v) is 10.3. The Morgan fingerprint density at radius 3 is 2.28 bits per heavy atom. The molecule has 0 radical (unpaired) electrons. The van der Waals surface area contributed by atoms with Crippen LogP contribution in [0.25, 0.3) is 5.69 Å². The van der Waals surface area contributed by atoms with Gasteiger partial charge in [0.1, 0.15) is 30.8 Å². The molecule has 1 amide bonds. The highest BCUT2D eigenvalue weighted by Crippen LogP contribution is 2.19.